The lowest BCUT2D eigenvalue weighted by molar-refractivity contribution is 0.0367. The summed E-state index contributed by atoms with van der Waals surface area (Å²) in [6.07, 6.45) is 1.47. The fraction of sp³-hybridized carbons (Fsp3) is 0.357. The zero-order valence-corrected chi connectivity index (χ0v) is 13.7. The number of aliphatic hydroxyl groups is 1. The quantitative estimate of drug-likeness (QED) is 0.779. The minimum atomic E-state index is -1.28. The van der Waals surface area contributed by atoms with E-state index in [2.05, 4.69) is 10.6 Å². The Balaban J connectivity index is 1.85. The average Bonchev–Trinajstić information content (AvgIpc) is 3.09. The maximum Gasteiger partial charge on any atom is 0.315 e. The van der Waals surface area contributed by atoms with Gasteiger partial charge in [-0.15, -0.1) is 0 Å². The Hall–Kier alpha value is -1.63. The van der Waals surface area contributed by atoms with Gasteiger partial charge in [-0.2, -0.15) is 0 Å². The van der Waals surface area contributed by atoms with E-state index in [-0.39, 0.29) is 13.1 Å². The Labute approximate surface area is 138 Å². The maximum absolute atomic E-state index is 11.8. The predicted octanol–water partition coefficient (Wildman–Crippen LogP) is 2.63. The molecule has 2 heterocycles. The number of nitrogens with zero attached hydrogens (tertiary/aromatic N) is 1. The number of rotatable bonds is 5. The second-order valence-electron chi connectivity index (χ2n) is 5.12. The highest BCUT2D eigenvalue weighted by Crippen LogP contribution is 2.25. The van der Waals surface area contributed by atoms with Crippen molar-refractivity contribution in [2.75, 3.05) is 6.54 Å². The summed E-state index contributed by atoms with van der Waals surface area (Å²) in [7, 11) is 1.75. The first-order valence-corrected chi connectivity index (χ1v) is 7.34. The molecule has 2 amide bonds. The first kappa shape index (κ1) is 16.7. The molecule has 1 unspecified atom stereocenters. The predicted molar refractivity (Wildman–Crippen MR) is 84.0 cm³/mol. The molecule has 2 aromatic rings. The van der Waals surface area contributed by atoms with Gasteiger partial charge < -0.3 is 24.7 Å². The molecule has 22 heavy (non-hydrogen) atoms. The summed E-state index contributed by atoms with van der Waals surface area (Å²) in [5, 5.41) is 16.3. The van der Waals surface area contributed by atoms with E-state index < -0.39 is 11.6 Å². The Morgan fingerprint density at radius 1 is 1.45 bits per heavy atom. The molecule has 0 saturated heterocycles. The normalized spacial score (nSPS) is 13.7. The number of aromatic nitrogens is 1. The number of hydrogen-bond donors (Lipinski definition) is 3. The molecule has 0 aliphatic rings. The number of nitrogens with one attached hydrogen (secondary N) is 2. The lowest BCUT2D eigenvalue weighted by Crippen LogP contribution is -2.43. The lowest BCUT2D eigenvalue weighted by atomic mass is 10.0. The molecule has 2 aromatic heterocycles. The molecular weight excluding hydrogens is 329 g/mol. The molecule has 6 nitrogen and oxygen atoms in total. The van der Waals surface area contributed by atoms with Crippen LogP contribution >= 0.6 is 23.2 Å². The molecule has 8 heteroatoms. The third-order valence-corrected chi connectivity index (χ3v) is 4.13. The number of urea groups is 1. The molecular formula is C14H17Cl2N3O3. The summed E-state index contributed by atoms with van der Waals surface area (Å²) in [4.78, 5) is 11.8. The summed E-state index contributed by atoms with van der Waals surface area (Å²) in [6, 6.07) is 4.59. The van der Waals surface area contributed by atoms with Crippen LogP contribution in [0.1, 0.15) is 18.4 Å². The van der Waals surface area contributed by atoms with Crippen LogP contribution in [0.4, 0.5) is 4.79 Å². The van der Waals surface area contributed by atoms with E-state index in [4.69, 9.17) is 27.6 Å². The maximum atomic E-state index is 11.8. The van der Waals surface area contributed by atoms with Crippen molar-refractivity contribution in [2.24, 2.45) is 7.05 Å². The molecule has 0 bridgehead atoms. The van der Waals surface area contributed by atoms with E-state index >= 15 is 0 Å². The molecule has 0 aromatic carbocycles. The van der Waals surface area contributed by atoms with Gasteiger partial charge in [-0.1, -0.05) is 23.2 Å². The summed E-state index contributed by atoms with van der Waals surface area (Å²) < 4.78 is 6.82. The number of carbonyl (C=O) groups excluding carboxylic acids is 1. The van der Waals surface area contributed by atoms with Crippen molar-refractivity contribution in [3.8, 4) is 0 Å². The fourth-order valence-corrected chi connectivity index (χ4v) is 2.33. The van der Waals surface area contributed by atoms with Crippen molar-refractivity contribution >= 4 is 29.2 Å². The van der Waals surface area contributed by atoms with Gasteiger partial charge in [0.1, 0.15) is 16.5 Å². The summed E-state index contributed by atoms with van der Waals surface area (Å²) in [6.45, 7) is 1.83. The Bertz CT molecular complexity index is 651. The molecule has 0 aliphatic heterocycles. The molecule has 0 fully saturated rings. The van der Waals surface area contributed by atoms with E-state index in [1.807, 2.05) is 0 Å². The highest BCUT2D eigenvalue weighted by Gasteiger charge is 2.26. The summed E-state index contributed by atoms with van der Waals surface area (Å²) in [5.41, 5.74) is -0.513. The van der Waals surface area contributed by atoms with Gasteiger partial charge in [0.15, 0.2) is 0 Å². The van der Waals surface area contributed by atoms with Crippen molar-refractivity contribution in [1.29, 1.82) is 0 Å². The zero-order chi connectivity index (χ0) is 16.3. The molecule has 0 saturated carbocycles. The summed E-state index contributed by atoms with van der Waals surface area (Å²) >= 11 is 11.9. The Kier molecular flexibility index (Phi) is 5.05. The van der Waals surface area contributed by atoms with Crippen LogP contribution in [-0.4, -0.2) is 22.2 Å². The number of amides is 2. The van der Waals surface area contributed by atoms with Crippen LogP contribution in [0.5, 0.6) is 0 Å². The molecule has 0 radical (unpaired) electrons. The number of carbonyl (C=O) groups is 1. The van der Waals surface area contributed by atoms with Crippen LogP contribution in [0.2, 0.25) is 10.2 Å². The Morgan fingerprint density at radius 2 is 2.18 bits per heavy atom. The summed E-state index contributed by atoms with van der Waals surface area (Å²) in [5.74, 6) is 0.383. The van der Waals surface area contributed by atoms with Gasteiger partial charge >= 0.3 is 6.03 Å². The number of halogens is 2. The number of furan rings is 1. The van der Waals surface area contributed by atoms with Gasteiger partial charge in [-0.05, 0) is 25.1 Å². The van der Waals surface area contributed by atoms with E-state index in [1.165, 1.54) is 6.26 Å². The topological polar surface area (TPSA) is 79.4 Å². The monoisotopic (exact) mass is 345 g/mol. The fourth-order valence-electron chi connectivity index (χ4n) is 1.92. The van der Waals surface area contributed by atoms with E-state index in [9.17, 15) is 9.90 Å². The van der Waals surface area contributed by atoms with Gasteiger partial charge in [0.25, 0.3) is 0 Å². The van der Waals surface area contributed by atoms with Crippen LogP contribution < -0.4 is 10.6 Å². The first-order chi connectivity index (χ1) is 10.3. The second-order valence-corrected chi connectivity index (χ2v) is 5.89. The van der Waals surface area contributed by atoms with E-state index in [0.29, 0.717) is 15.9 Å². The van der Waals surface area contributed by atoms with Crippen LogP contribution in [-0.2, 0) is 19.2 Å². The van der Waals surface area contributed by atoms with E-state index in [1.54, 1.807) is 36.7 Å². The van der Waals surface area contributed by atoms with Crippen LogP contribution in [0, 0.1) is 0 Å². The highest BCUT2D eigenvalue weighted by molar-refractivity contribution is 6.41. The SMILES string of the molecule is Cn1c(CNC(=O)NCC(C)(O)c2ccco2)cc(Cl)c1Cl. The van der Waals surface area contributed by atoms with Gasteiger partial charge in [-0.25, -0.2) is 4.79 Å². The number of hydrogen-bond acceptors (Lipinski definition) is 3. The Morgan fingerprint density at radius 3 is 2.73 bits per heavy atom. The minimum Gasteiger partial charge on any atom is -0.466 e. The van der Waals surface area contributed by atoms with Crippen molar-refractivity contribution in [3.63, 3.8) is 0 Å². The van der Waals surface area contributed by atoms with Crippen LogP contribution in [0.15, 0.2) is 28.9 Å². The van der Waals surface area contributed by atoms with Crippen LogP contribution in [0.3, 0.4) is 0 Å². The third-order valence-electron chi connectivity index (χ3n) is 3.29. The van der Waals surface area contributed by atoms with Gasteiger partial charge in [-0.3, -0.25) is 0 Å². The van der Waals surface area contributed by atoms with Crippen molar-refractivity contribution in [1.82, 2.24) is 15.2 Å². The molecule has 0 aliphatic carbocycles. The molecule has 120 valence electrons. The standard InChI is InChI=1S/C14H17Cl2N3O3/c1-14(21,11-4-3-5-22-11)8-18-13(20)17-7-9-6-10(15)12(16)19(9)2/h3-6,21H,7-8H2,1-2H3,(H2,17,18,20). The molecule has 0 spiro atoms. The van der Waals surface area contributed by atoms with E-state index in [0.717, 1.165) is 5.69 Å². The van der Waals surface area contributed by atoms with Crippen molar-refractivity contribution in [3.05, 3.63) is 46.1 Å². The average molecular weight is 346 g/mol. The highest BCUT2D eigenvalue weighted by atomic mass is 35.5. The third kappa shape index (κ3) is 3.76. The van der Waals surface area contributed by atoms with Gasteiger partial charge in [0.2, 0.25) is 0 Å². The lowest BCUT2D eigenvalue weighted by Gasteiger charge is -2.21. The van der Waals surface area contributed by atoms with Crippen molar-refractivity contribution in [2.45, 2.75) is 19.1 Å². The first-order valence-electron chi connectivity index (χ1n) is 6.59. The molecule has 3 N–H and O–H groups in total. The van der Waals surface area contributed by atoms with Crippen LogP contribution in [0.25, 0.3) is 0 Å². The van der Waals surface area contributed by atoms with Gasteiger partial charge in [0.05, 0.1) is 24.4 Å². The van der Waals surface area contributed by atoms with Crippen molar-refractivity contribution < 1.29 is 14.3 Å². The largest absolute Gasteiger partial charge is 0.466 e. The van der Waals surface area contributed by atoms with Gasteiger partial charge in [0, 0.05) is 12.7 Å². The molecule has 1 atom stereocenters. The second kappa shape index (κ2) is 6.64. The minimum absolute atomic E-state index is 0.0149. The zero-order valence-electron chi connectivity index (χ0n) is 12.2. The smallest absolute Gasteiger partial charge is 0.315 e. The molecule has 2 rings (SSSR count).